The summed E-state index contributed by atoms with van der Waals surface area (Å²) in [4.78, 5) is 20.1. The molecular formula is C28H40N4S2. The zero-order valence-corrected chi connectivity index (χ0v) is 24.5. The van der Waals surface area contributed by atoms with Gasteiger partial charge in [0.05, 0.1) is 21.6 Å². The number of fused-ring (bicyclic) bond motifs is 2. The first kappa shape index (κ1) is 26.7. The molecule has 4 heterocycles. The Morgan fingerprint density at radius 3 is 1.56 bits per heavy atom. The van der Waals surface area contributed by atoms with Gasteiger partial charge >= 0.3 is 0 Å². The lowest BCUT2D eigenvalue weighted by Crippen LogP contribution is -2.21. The van der Waals surface area contributed by atoms with E-state index in [-0.39, 0.29) is 21.7 Å². The SMILES string of the molecule is CC(C)(C)c1nc(C(C)(C)C)c2ccsc2n1.CC(C)(C)c1nc(C(C)(C)C)c2sccc2n1. The number of thiophene rings is 2. The third kappa shape index (κ3) is 5.83. The Morgan fingerprint density at radius 2 is 1.03 bits per heavy atom. The Labute approximate surface area is 213 Å². The van der Waals surface area contributed by atoms with E-state index in [1.807, 2.05) is 0 Å². The van der Waals surface area contributed by atoms with Gasteiger partial charge in [0.25, 0.3) is 0 Å². The minimum atomic E-state index is -0.00384. The van der Waals surface area contributed by atoms with Crippen molar-refractivity contribution in [1.82, 2.24) is 19.9 Å². The van der Waals surface area contributed by atoms with Crippen LogP contribution in [0.25, 0.3) is 20.4 Å². The van der Waals surface area contributed by atoms with Crippen molar-refractivity contribution in [2.45, 2.75) is 105 Å². The van der Waals surface area contributed by atoms with E-state index in [1.165, 1.54) is 15.8 Å². The van der Waals surface area contributed by atoms with E-state index < -0.39 is 0 Å². The topological polar surface area (TPSA) is 51.6 Å². The fourth-order valence-electron chi connectivity index (χ4n) is 3.47. The average Bonchev–Trinajstić information content (AvgIpc) is 3.32. The molecule has 0 N–H and O–H groups in total. The lowest BCUT2D eigenvalue weighted by Gasteiger charge is -2.23. The van der Waals surface area contributed by atoms with Gasteiger partial charge < -0.3 is 0 Å². The first-order chi connectivity index (χ1) is 15.4. The zero-order chi connectivity index (χ0) is 25.7. The van der Waals surface area contributed by atoms with Gasteiger partial charge in [-0.1, -0.05) is 83.1 Å². The summed E-state index contributed by atoms with van der Waals surface area (Å²) in [7, 11) is 0. The lowest BCUT2D eigenvalue weighted by molar-refractivity contribution is 0.520. The normalized spacial score (nSPS) is 13.3. The molecule has 0 unspecified atom stereocenters. The predicted octanol–water partition coefficient (Wildman–Crippen LogP) is 8.57. The maximum Gasteiger partial charge on any atom is 0.135 e. The highest BCUT2D eigenvalue weighted by Gasteiger charge is 2.26. The van der Waals surface area contributed by atoms with Crippen molar-refractivity contribution in [2.24, 2.45) is 0 Å². The van der Waals surface area contributed by atoms with E-state index in [0.29, 0.717) is 0 Å². The summed E-state index contributed by atoms with van der Waals surface area (Å²) >= 11 is 3.43. The van der Waals surface area contributed by atoms with Gasteiger partial charge in [0.1, 0.15) is 16.5 Å². The first-order valence-corrected chi connectivity index (χ1v) is 13.7. The smallest absolute Gasteiger partial charge is 0.135 e. The number of rotatable bonds is 0. The number of aromatic nitrogens is 4. The molecule has 34 heavy (non-hydrogen) atoms. The highest BCUT2D eigenvalue weighted by atomic mass is 32.1. The Balaban J connectivity index is 0.000000191. The molecule has 4 rings (SSSR count). The highest BCUT2D eigenvalue weighted by Crippen LogP contribution is 2.34. The maximum absolute atomic E-state index is 4.81. The van der Waals surface area contributed by atoms with E-state index in [0.717, 1.165) is 27.7 Å². The van der Waals surface area contributed by atoms with Gasteiger partial charge in [-0.15, -0.1) is 22.7 Å². The molecule has 0 amide bonds. The average molecular weight is 497 g/mol. The van der Waals surface area contributed by atoms with E-state index in [1.54, 1.807) is 22.7 Å². The highest BCUT2D eigenvalue weighted by molar-refractivity contribution is 7.17. The van der Waals surface area contributed by atoms with Crippen LogP contribution >= 0.6 is 22.7 Å². The van der Waals surface area contributed by atoms with Crippen molar-refractivity contribution < 1.29 is 0 Å². The minimum Gasteiger partial charge on any atom is -0.236 e. The Kier molecular flexibility index (Phi) is 7.02. The molecule has 0 aliphatic rings. The quantitative estimate of drug-likeness (QED) is 0.245. The summed E-state index contributed by atoms with van der Waals surface area (Å²) in [5.41, 5.74) is 3.53. The Hall–Kier alpha value is -1.92. The summed E-state index contributed by atoms with van der Waals surface area (Å²) in [5.74, 6) is 1.88. The summed E-state index contributed by atoms with van der Waals surface area (Å²) in [6, 6.07) is 4.22. The molecule has 0 aromatic carbocycles. The first-order valence-electron chi connectivity index (χ1n) is 11.9. The van der Waals surface area contributed by atoms with Crippen LogP contribution in [0.5, 0.6) is 0 Å². The second kappa shape index (κ2) is 8.94. The molecule has 184 valence electrons. The van der Waals surface area contributed by atoms with Crippen molar-refractivity contribution in [3.8, 4) is 0 Å². The fourth-order valence-corrected chi connectivity index (χ4v) is 5.26. The van der Waals surface area contributed by atoms with Crippen LogP contribution in [0.1, 0.15) is 106 Å². The molecule has 0 spiro atoms. The van der Waals surface area contributed by atoms with E-state index >= 15 is 0 Å². The van der Waals surface area contributed by atoms with Crippen molar-refractivity contribution in [1.29, 1.82) is 0 Å². The molecule has 4 aromatic rings. The standard InChI is InChI=1S/2C14H20N2S/c1-13(2,3)11-10-9(7-8-17-10)15-12(16-11)14(4,5)6;1-13(2,3)10-9-7-8-17-11(9)16-12(15-10)14(4,5)6/h2*7-8H,1-6H3. The largest absolute Gasteiger partial charge is 0.236 e. The van der Waals surface area contributed by atoms with Crippen LogP contribution in [0.2, 0.25) is 0 Å². The lowest BCUT2D eigenvalue weighted by atomic mass is 9.89. The third-order valence-electron chi connectivity index (χ3n) is 5.39. The van der Waals surface area contributed by atoms with Crippen LogP contribution in [-0.2, 0) is 21.7 Å². The zero-order valence-electron chi connectivity index (χ0n) is 22.9. The van der Waals surface area contributed by atoms with Crippen LogP contribution in [0.4, 0.5) is 0 Å². The maximum atomic E-state index is 4.81. The van der Waals surface area contributed by atoms with Gasteiger partial charge in [0.2, 0.25) is 0 Å². The number of hydrogen-bond donors (Lipinski definition) is 0. The summed E-state index contributed by atoms with van der Waals surface area (Å²) in [5, 5.41) is 5.40. The van der Waals surface area contributed by atoms with E-state index in [2.05, 4.69) is 116 Å². The van der Waals surface area contributed by atoms with E-state index in [9.17, 15) is 0 Å². The molecule has 4 nitrogen and oxygen atoms in total. The second-order valence-corrected chi connectivity index (χ2v) is 14.9. The molecule has 0 saturated heterocycles. The van der Waals surface area contributed by atoms with Gasteiger partial charge in [-0.2, -0.15) is 0 Å². The van der Waals surface area contributed by atoms with Crippen molar-refractivity contribution >= 4 is 43.1 Å². The van der Waals surface area contributed by atoms with Crippen LogP contribution in [-0.4, -0.2) is 19.9 Å². The van der Waals surface area contributed by atoms with Crippen molar-refractivity contribution in [3.63, 3.8) is 0 Å². The fraction of sp³-hybridized carbons (Fsp3) is 0.571. The molecule has 0 atom stereocenters. The molecule has 6 heteroatoms. The Morgan fingerprint density at radius 1 is 0.529 bits per heavy atom. The van der Waals surface area contributed by atoms with Crippen LogP contribution in [0.15, 0.2) is 22.9 Å². The van der Waals surface area contributed by atoms with E-state index in [4.69, 9.17) is 9.97 Å². The molecule has 0 radical (unpaired) electrons. The van der Waals surface area contributed by atoms with Gasteiger partial charge in [0.15, 0.2) is 0 Å². The second-order valence-electron chi connectivity index (χ2n) is 13.1. The monoisotopic (exact) mass is 496 g/mol. The molecule has 4 aromatic heterocycles. The van der Waals surface area contributed by atoms with Gasteiger partial charge in [-0.05, 0) is 22.9 Å². The third-order valence-corrected chi connectivity index (χ3v) is 7.11. The van der Waals surface area contributed by atoms with Crippen molar-refractivity contribution in [2.75, 3.05) is 0 Å². The molecule has 0 fully saturated rings. The van der Waals surface area contributed by atoms with Crippen LogP contribution in [0, 0.1) is 0 Å². The summed E-state index contributed by atoms with van der Waals surface area (Å²) in [6.07, 6.45) is 0. The summed E-state index contributed by atoms with van der Waals surface area (Å²) in [6.45, 7) is 26.2. The van der Waals surface area contributed by atoms with Gasteiger partial charge in [-0.3, -0.25) is 0 Å². The molecular weight excluding hydrogens is 456 g/mol. The van der Waals surface area contributed by atoms with Crippen molar-refractivity contribution in [3.05, 3.63) is 45.9 Å². The Bertz CT molecular complexity index is 1180. The van der Waals surface area contributed by atoms with Crippen LogP contribution < -0.4 is 0 Å². The molecule has 0 aliphatic carbocycles. The van der Waals surface area contributed by atoms with Gasteiger partial charge in [0, 0.05) is 27.0 Å². The van der Waals surface area contributed by atoms with Crippen LogP contribution in [0.3, 0.4) is 0 Å². The molecule has 0 saturated carbocycles. The number of nitrogens with zero attached hydrogens (tertiary/aromatic N) is 4. The molecule has 0 bridgehead atoms. The predicted molar refractivity (Wildman–Crippen MR) is 150 cm³/mol. The summed E-state index contributed by atoms with van der Waals surface area (Å²) < 4.78 is 1.23. The minimum absolute atomic E-state index is 0.00181. The van der Waals surface area contributed by atoms with Gasteiger partial charge in [-0.25, -0.2) is 19.9 Å². The molecule has 0 aliphatic heterocycles. The number of hydrogen-bond acceptors (Lipinski definition) is 6.